The molecule has 18 heavy (non-hydrogen) atoms. The molecule has 1 aliphatic carbocycles. The molecule has 0 aliphatic heterocycles. The summed E-state index contributed by atoms with van der Waals surface area (Å²) < 4.78 is 24.2. The van der Waals surface area contributed by atoms with E-state index in [1.807, 2.05) is 0 Å². The molecule has 1 aliphatic rings. The van der Waals surface area contributed by atoms with Crippen molar-refractivity contribution in [3.05, 3.63) is 0 Å². The average molecular weight is 277 g/mol. The van der Waals surface area contributed by atoms with Crippen LogP contribution >= 0.6 is 0 Å². The Kier molecular flexibility index (Phi) is 5.55. The van der Waals surface area contributed by atoms with E-state index in [0.717, 1.165) is 30.0 Å². The summed E-state index contributed by atoms with van der Waals surface area (Å²) in [6, 6.07) is -0.0933. The van der Waals surface area contributed by atoms with Gasteiger partial charge in [-0.1, -0.05) is 12.8 Å². The topological polar surface area (TPSA) is 92.5 Å². The Morgan fingerprint density at radius 3 is 2.50 bits per heavy atom. The highest BCUT2D eigenvalue weighted by Crippen LogP contribution is 2.22. The zero-order chi connectivity index (χ0) is 13.8. The van der Waals surface area contributed by atoms with Crippen LogP contribution in [0.25, 0.3) is 0 Å². The van der Waals surface area contributed by atoms with Gasteiger partial charge >= 0.3 is 0 Å². The molecule has 0 spiro atoms. The van der Waals surface area contributed by atoms with Crippen molar-refractivity contribution in [2.75, 3.05) is 26.4 Å². The average Bonchev–Trinajstić information content (AvgIpc) is 2.29. The van der Waals surface area contributed by atoms with Gasteiger partial charge in [0.25, 0.3) is 0 Å². The Morgan fingerprint density at radius 1 is 1.33 bits per heavy atom. The molecule has 2 atom stereocenters. The first-order valence-electron chi connectivity index (χ1n) is 6.28. The number of rotatable bonds is 5. The molecule has 1 fully saturated rings. The second kappa shape index (κ2) is 6.49. The Morgan fingerprint density at radius 2 is 1.94 bits per heavy atom. The van der Waals surface area contributed by atoms with Gasteiger partial charge in [-0.25, -0.2) is 12.7 Å². The van der Waals surface area contributed by atoms with Gasteiger partial charge in [0.1, 0.15) is 0 Å². The molecule has 6 nitrogen and oxygen atoms in total. The van der Waals surface area contributed by atoms with Gasteiger partial charge in [0, 0.05) is 26.7 Å². The summed E-state index contributed by atoms with van der Waals surface area (Å²) in [7, 11) is -0.290. The van der Waals surface area contributed by atoms with E-state index < -0.39 is 10.0 Å². The number of carbonyl (C=O) groups excluding carboxylic acids is 1. The fraction of sp³-hybridized carbons (Fsp3) is 0.909. The lowest BCUT2D eigenvalue weighted by Crippen LogP contribution is -2.45. The third kappa shape index (κ3) is 4.22. The van der Waals surface area contributed by atoms with Crippen molar-refractivity contribution in [1.82, 2.24) is 9.62 Å². The number of carbonyl (C=O) groups is 1. The number of nitrogens with one attached hydrogen (secondary N) is 1. The van der Waals surface area contributed by atoms with Crippen LogP contribution in [0.3, 0.4) is 0 Å². The summed E-state index contributed by atoms with van der Waals surface area (Å²) in [5.74, 6) is -0.356. The summed E-state index contributed by atoms with van der Waals surface area (Å²) in [4.78, 5) is 11.9. The van der Waals surface area contributed by atoms with Gasteiger partial charge in [0.05, 0.1) is 11.7 Å². The van der Waals surface area contributed by atoms with E-state index in [1.165, 1.54) is 14.1 Å². The van der Waals surface area contributed by atoms with Crippen LogP contribution < -0.4 is 11.1 Å². The maximum Gasteiger partial charge on any atom is 0.224 e. The van der Waals surface area contributed by atoms with Gasteiger partial charge in [0.2, 0.25) is 15.9 Å². The minimum absolute atomic E-state index is 0.0757. The highest BCUT2D eigenvalue weighted by Gasteiger charge is 2.28. The maximum absolute atomic E-state index is 11.9. The van der Waals surface area contributed by atoms with Crippen LogP contribution in [0.1, 0.15) is 25.7 Å². The summed E-state index contributed by atoms with van der Waals surface area (Å²) in [5.41, 5.74) is 5.90. The lowest BCUT2D eigenvalue weighted by molar-refractivity contribution is -0.126. The van der Waals surface area contributed by atoms with Crippen molar-refractivity contribution < 1.29 is 13.2 Å². The molecule has 106 valence electrons. The molecule has 0 aromatic rings. The van der Waals surface area contributed by atoms with E-state index in [2.05, 4.69) is 5.32 Å². The predicted octanol–water partition coefficient (Wildman–Crippen LogP) is -0.488. The lowest BCUT2D eigenvalue weighted by Gasteiger charge is -2.27. The monoisotopic (exact) mass is 277 g/mol. The molecule has 0 saturated heterocycles. The number of hydrogen-bond acceptors (Lipinski definition) is 4. The van der Waals surface area contributed by atoms with Crippen molar-refractivity contribution in [1.29, 1.82) is 0 Å². The van der Waals surface area contributed by atoms with Gasteiger partial charge < -0.3 is 11.1 Å². The SMILES string of the molecule is CN(C)S(=O)(=O)CCNC(=O)C1CCCCC1N. The first-order chi connectivity index (χ1) is 8.34. The second-order valence-corrected chi connectivity index (χ2v) is 7.25. The Balaban J connectivity index is 2.37. The Bertz CT molecular complexity index is 381. The second-order valence-electron chi connectivity index (χ2n) is 4.94. The molecule has 1 amide bonds. The van der Waals surface area contributed by atoms with Gasteiger partial charge in [-0.05, 0) is 12.8 Å². The maximum atomic E-state index is 11.9. The van der Waals surface area contributed by atoms with E-state index in [4.69, 9.17) is 5.73 Å². The van der Waals surface area contributed by atoms with Crippen LogP contribution in [0.4, 0.5) is 0 Å². The third-order valence-corrected chi connectivity index (χ3v) is 5.20. The molecule has 2 unspecified atom stereocenters. The minimum Gasteiger partial charge on any atom is -0.355 e. The molecule has 1 rings (SSSR count). The standard InChI is InChI=1S/C11H23N3O3S/c1-14(2)18(16,17)8-7-13-11(15)9-5-3-4-6-10(9)12/h9-10H,3-8,12H2,1-2H3,(H,13,15). The van der Waals surface area contributed by atoms with E-state index >= 15 is 0 Å². The van der Waals surface area contributed by atoms with Gasteiger partial charge in [-0.3, -0.25) is 4.79 Å². The predicted molar refractivity (Wildman–Crippen MR) is 70.4 cm³/mol. The molecule has 1 saturated carbocycles. The highest BCUT2D eigenvalue weighted by atomic mass is 32.2. The Labute approximate surface area is 109 Å². The van der Waals surface area contributed by atoms with Crippen molar-refractivity contribution in [2.24, 2.45) is 11.7 Å². The normalized spacial score (nSPS) is 25.1. The van der Waals surface area contributed by atoms with Crippen LogP contribution in [0, 0.1) is 5.92 Å². The number of sulfonamides is 1. The molecule has 0 aromatic heterocycles. The summed E-state index contributed by atoms with van der Waals surface area (Å²) >= 11 is 0. The van der Waals surface area contributed by atoms with Crippen molar-refractivity contribution >= 4 is 15.9 Å². The number of hydrogen-bond donors (Lipinski definition) is 2. The molecule has 3 N–H and O–H groups in total. The smallest absolute Gasteiger partial charge is 0.224 e. The zero-order valence-electron chi connectivity index (χ0n) is 11.1. The first kappa shape index (κ1) is 15.4. The highest BCUT2D eigenvalue weighted by molar-refractivity contribution is 7.89. The van der Waals surface area contributed by atoms with Gasteiger partial charge in [-0.15, -0.1) is 0 Å². The van der Waals surface area contributed by atoms with E-state index in [-0.39, 0.29) is 30.2 Å². The van der Waals surface area contributed by atoms with Crippen LogP contribution in [-0.4, -0.2) is 51.1 Å². The molecular weight excluding hydrogens is 254 g/mol. The molecule has 0 radical (unpaired) electrons. The van der Waals surface area contributed by atoms with Gasteiger partial charge in [0.15, 0.2) is 0 Å². The van der Waals surface area contributed by atoms with Gasteiger partial charge in [-0.2, -0.15) is 0 Å². The third-order valence-electron chi connectivity index (χ3n) is 3.37. The molecule has 7 heteroatoms. The minimum atomic E-state index is -3.25. The van der Waals surface area contributed by atoms with E-state index in [9.17, 15) is 13.2 Å². The molecule has 0 heterocycles. The fourth-order valence-electron chi connectivity index (χ4n) is 2.10. The lowest BCUT2D eigenvalue weighted by atomic mass is 9.84. The van der Waals surface area contributed by atoms with Crippen LogP contribution in [0.5, 0.6) is 0 Å². The van der Waals surface area contributed by atoms with Crippen molar-refractivity contribution in [2.45, 2.75) is 31.7 Å². The number of nitrogens with zero attached hydrogens (tertiary/aromatic N) is 1. The first-order valence-corrected chi connectivity index (χ1v) is 7.89. The molecule has 0 aromatic carbocycles. The van der Waals surface area contributed by atoms with Crippen molar-refractivity contribution in [3.63, 3.8) is 0 Å². The fourth-order valence-corrected chi connectivity index (χ4v) is 2.83. The van der Waals surface area contributed by atoms with E-state index in [1.54, 1.807) is 0 Å². The Hall–Kier alpha value is -0.660. The molecular formula is C11H23N3O3S. The summed E-state index contributed by atoms with van der Waals surface area (Å²) in [5, 5.41) is 2.67. The molecule has 0 bridgehead atoms. The summed E-state index contributed by atoms with van der Waals surface area (Å²) in [6.07, 6.45) is 3.75. The van der Waals surface area contributed by atoms with Crippen LogP contribution in [0.15, 0.2) is 0 Å². The quantitative estimate of drug-likeness (QED) is 0.709. The number of nitrogens with two attached hydrogens (primary N) is 1. The van der Waals surface area contributed by atoms with Crippen molar-refractivity contribution in [3.8, 4) is 0 Å². The largest absolute Gasteiger partial charge is 0.355 e. The summed E-state index contributed by atoms with van der Waals surface area (Å²) in [6.45, 7) is 0.141. The van der Waals surface area contributed by atoms with Crippen LogP contribution in [0.2, 0.25) is 0 Å². The zero-order valence-corrected chi connectivity index (χ0v) is 11.9. The van der Waals surface area contributed by atoms with E-state index in [0.29, 0.717) is 0 Å². The number of amides is 1. The van der Waals surface area contributed by atoms with Crippen LogP contribution in [-0.2, 0) is 14.8 Å².